The van der Waals surface area contributed by atoms with Crippen LogP contribution in [0, 0.1) is 0 Å². The van der Waals surface area contributed by atoms with Gasteiger partial charge in [-0.3, -0.25) is 9.59 Å². The van der Waals surface area contributed by atoms with Crippen LogP contribution in [0.5, 0.6) is 0 Å². The molecule has 2 rings (SSSR count). The van der Waals surface area contributed by atoms with Crippen LogP contribution in [0.3, 0.4) is 0 Å². The van der Waals surface area contributed by atoms with Gasteiger partial charge in [0.2, 0.25) is 0 Å². The van der Waals surface area contributed by atoms with Crippen LogP contribution in [0.25, 0.3) is 5.57 Å². The smallest absolute Gasteiger partial charge is 0.288 e. The summed E-state index contributed by atoms with van der Waals surface area (Å²) >= 11 is 0.436. The highest BCUT2D eigenvalue weighted by molar-refractivity contribution is 7.99. The van der Waals surface area contributed by atoms with Gasteiger partial charge in [0, 0.05) is 10.5 Å². The Morgan fingerprint density at radius 2 is 1.67 bits per heavy atom. The number of carbonyl (C=O) groups excluding carboxylic acids is 2. The van der Waals surface area contributed by atoms with Gasteiger partial charge in [-0.25, -0.2) is 0 Å². The number of benzene rings is 1. The van der Waals surface area contributed by atoms with Gasteiger partial charge < -0.3 is 0 Å². The van der Waals surface area contributed by atoms with E-state index in [1.165, 1.54) is 30.4 Å². The van der Waals surface area contributed by atoms with Crippen LogP contribution in [-0.4, -0.2) is 17.3 Å². The van der Waals surface area contributed by atoms with Gasteiger partial charge in [-0.15, -0.1) is 0 Å². The van der Waals surface area contributed by atoms with Crippen LogP contribution < -0.4 is 0 Å². The monoisotopic (exact) mass is 266 g/mol. The number of alkyl halides is 2. The van der Waals surface area contributed by atoms with E-state index in [9.17, 15) is 18.4 Å². The molecule has 5 heteroatoms. The number of rotatable bonds is 3. The lowest BCUT2D eigenvalue weighted by molar-refractivity contribution is -0.113. The molecule has 0 fully saturated rings. The highest BCUT2D eigenvalue weighted by Gasteiger charge is 2.15. The molecule has 0 atom stereocenters. The Hall–Kier alpha value is -1.75. The van der Waals surface area contributed by atoms with Gasteiger partial charge >= 0.3 is 0 Å². The van der Waals surface area contributed by atoms with Crippen molar-refractivity contribution < 1.29 is 18.4 Å². The second kappa shape index (κ2) is 5.27. The Morgan fingerprint density at radius 3 is 2.28 bits per heavy atom. The van der Waals surface area contributed by atoms with Crippen molar-refractivity contribution in [2.24, 2.45) is 0 Å². The first-order chi connectivity index (χ1) is 8.56. The van der Waals surface area contributed by atoms with E-state index in [2.05, 4.69) is 0 Å². The van der Waals surface area contributed by atoms with Crippen molar-refractivity contribution in [1.29, 1.82) is 0 Å². The van der Waals surface area contributed by atoms with E-state index in [-0.39, 0.29) is 17.1 Å². The minimum absolute atomic E-state index is 0.254. The second-order valence-corrected chi connectivity index (χ2v) is 4.62. The maximum Gasteiger partial charge on any atom is 0.288 e. The molecular weight excluding hydrogens is 258 g/mol. The van der Waals surface area contributed by atoms with E-state index in [0.717, 1.165) is 0 Å². The van der Waals surface area contributed by atoms with E-state index in [1.807, 2.05) is 0 Å². The summed E-state index contributed by atoms with van der Waals surface area (Å²) in [5, 5.41) is 0. The van der Waals surface area contributed by atoms with Crippen LogP contribution >= 0.6 is 11.8 Å². The summed E-state index contributed by atoms with van der Waals surface area (Å²) in [6.07, 6.45) is 3.66. The maximum absolute atomic E-state index is 12.1. The summed E-state index contributed by atoms with van der Waals surface area (Å²) < 4.78 is 24.3. The molecule has 0 saturated heterocycles. The van der Waals surface area contributed by atoms with Crippen molar-refractivity contribution in [1.82, 2.24) is 0 Å². The number of thioether (sulfide) groups is 1. The zero-order chi connectivity index (χ0) is 13.1. The molecule has 0 bridgehead atoms. The molecule has 1 aromatic rings. The van der Waals surface area contributed by atoms with Gasteiger partial charge in [0.15, 0.2) is 11.6 Å². The lowest BCUT2D eigenvalue weighted by atomic mass is 9.96. The number of ketones is 2. The second-order valence-electron chi connectivity index (χ2n) is 3.56. The molecule has 18 heavy (non-hydrogen) atoms. The molecule has 1 aromatic carbocycles. The predicted molar refractivity (Wildman–Crippen MR) is 65.4 cm³/mol. The lowest BCUT2D eigenvalue weighted by Crippen LogP contribution is -2.06. The number of hydrogen-bond donors (Lipinski definition) is 0. The summed E-state index contributed by atoms with van der Waals surface area (Å²) in [4.78, 5) is 23.2. The normalized spacial score (nSPS) is 15.2. The molecule has 0 heterocycles. The van der Waals surface area contributed by atoms with E-state index in [0.29, 0.717) is 22.2 Å². The van der Waals surface area contributed by atoms with E-state index in [1.54, 1.807) is 12.1 Å². The Morgan fingerprint density at radius 1 is 1.00 bits per heavy atom. The fourth-order valence-electron chi connectivity index (χ4n) is 1.55. The average molecular weight is 266 g/mol. The molecule has 0 unspecified atom stereocenters. The van der Waals surface area contributed by atoms with Crippen LogP contribution in [0.4, 0.5) is 8.78 Å². The average Bonchev–Trinajstić information content (AvgIpc) is 2.33. The third-order valence-electron chi connectivity index (χ3n) is 2.34. The van der Waals surface area contributed by atoms with Crippen molar-refractivity contribution in [2.45, 2.75) is 10.7 Å². The largest absolute Gasteiger partial charge is 0.290 e. The molecular formula is C13H8F2O2S. The molecule has 92 valence electrons. The van der Waals surface area contributed by atoms with Gasteiger partial charge in [-0.05, 0) is 35.9 Å². The first kappa shape index (κ1) is 12.7. The molecule has 1 aliphatic carbocycles. The van der Waals surface area contributed by atoms with Gasteiger partial charge in [0.25, 0.3) is 5.76 Å². The minimum Gasteiger partial charge on any atom is -0.290 e. The molecule has 0 aromatic heterocycles. The zero-order valence-corrected chi connectivity index (χ0v) is 9.92. The maximum atomic E-state index is 12.1. The van der Waals surface area contributed by atoms with Crippen LogP contribution in [0.1, 0.15) is 5.56 Å². The third-order valence-corrected chi connectivity index (χ3v) is 3.06. The Kier molecular flexibility index (Phi) is 3.72. The summed E-state index contributed by atoms with van der Waals surface area (Å²) in [7, 11) is 0. The number of carbonyl (C=O) groups is 2. The highest BCUT2D eigenvalue weighted by atomic mass is 32.2. The summed E-state index contributed by atoms with van der Waals surface area (Å²) in [5.41, 5.74) is 0.840. The molecule has 1 aliphatic rings. The Labute approximate surface area is 106 Å². The van der Waals surface area contributed by atoms with Crippen molar-refractivity contribution in [3.8, 4) is 0 Å². The van der Waals surface area contributed by atoms with Crippen LogP contribution in [0.2, 0.25) is 0 Å². The molecule has 0 spiro atoms. The molecule has 0 amide bonds. The Balaban J connectivity index is 2.24. The van der Waals surface area contributed by atoms with Crippen LogP contribution in [0.15, 0.2) is 47.4 Å². The van der Waals surface area contributed by atoms with Crippen molar-refractivity contribution in [3.05, 3.63) is 48.1 Å². The minimum atomic E-state index is -2.48. The van der Waals surface area contributed by atoms with Gasteiger partial charge in [-0.1, -0.05) is 23.9 Å². The fourth-order valence-corrected chi connectivity index (χ4v) is 2.05. The standard InChI is InChI=1S/C13H8F2O2S/c14-13(15)18-10-4-1-8(2-5-10)11-7-9(16)3-6-12(11)17/h1-7,13H. The van der Waals surface area contributed by atoms with E-state index < -0.39 is 5.76 Å². The quantitative estimate of drug-likeness (QED) is 0.622. The van der Waals surface area contributed by atoms with Gasteiger partial charge in [0.05, 0.1) is 0 Å². The summed E-state index contributed by atoms with van der Waals surface area (Å²) in [6, 6.07) is 6.12. The first-order valence-electron chi connectivity index (χ1n) is 5.09. The topological polar surface area (TPSA) is 34.1 Å². The predicted octanol–water partition coefficient (Wildman–Crippen LogP) is 3.09. The molecule has 0 radical (unpaired) electrons. The third kappa shape index (κ3) is 2.92. The van der Waals surface area contributed by atoms with Gasteiger partial charge in [0.1, 0.15) is 0 Å². The summed E-state index contributed by atoms with van der Waals surface area (Å²) in [5.74, 6) is -2.99. The lowest BCUT2D eigenvalue weighted by Gasteiger charge is -2.07. The van der Waals surface area contributed by atoms with Crippen molar-refractivity contribution in [2.75, 3.05) is 0 Å². The molecule has 0 aliphatic heterocycles. The fraction of sp³-hybridized carbons (Fsp3) is 0.0769. The molecule has 0 N–H and O–H groups in total. The SMILES string of the molecule is O=C1C=CC(=O)C(c2ccc(SC(F)F)cc2)=C1. The van der Waals surface area contributed by atoms with Gasteiger partial charge in [-0.2, -0.15) is 8.78 Å². The van der Waals surface area contributed by atoms with E-state index in [4.69, 9.17) is 0 Å². The van der Waals surface area contributed by atoms with E-state index >= 15 is 0 Å². The number of halogens is 2. The Bertz CT molecular complexity index is 545. The molecule has 0 saturated carbocycles. The zero-order valence-electron chi connectivity index (χ0n) is 9.10. The first-order valence-corrected chi connectivity index (χ1v) is 5.97. The highest BCUT2D eigenvalue weighted by Crippen LogP contribution is 2.27. The number of hydrogen-bond acceptors (Lipinski definition) is 3. The number of allylic oxidation sites excluding steroid dienone is 4. The summed E-state index contributed by atoms with van der Waals surface area (Å²) in [6.45, 7) is 0. The van der Waals surface area contributed by atoms with Crippen molar-refractivity contribution >= 4 is 28.9 Å². The van der Waals surface area contributed by atoms with Crippen molar-refractivity contribution in [3.63, 3.8) is 0 Å². The van der Waals surface area contributed by atoms with Crippen LogP contribution in [-0.2, 0) is 9.59 Å². The molecule has 2 nitrogen and oxygen atoms in total.